The normalized spacial score (nSPS) is 29.6. The molecule has 1 saturated carbocycles. The first-order valence-electron chi connectivity index (χ1n) is 6.80. The van der Waals surface area contributed by atoms with Gasteiger partial charge in [0, 0.05) is 30.3 Å². The highest BCUT2D eigenvalue weighted by atomic mass is 35.5. The quantitative estimate of drug-likeness (QED) is 0.847. The summed E-state index contributed by atoms with van der Waals surface area (Å²) >= 11 is 6.16. The summed E-state index contributed by atoms with van der Waals surface area (Å²) in [7, 11) is 0. The van der Waals surface area contributed by atoms with Gasteiger partial charge in [0.1, 0.15) is 0 Å². The van der Waals surface area contributed by atoms with Gasteiger partial charge < -0.3 is 10.0 Å². The van der Waals surface area contributed by atoms with E-state index in [0.717, 1.165) is 31.6 Å². The number of ketones is 1. The number of halogens is 1. The molecular weight excluding hydrogens is 262 g/mol. The number of anilines is 1. The number of carbonyl (C=O) groups excluding carboxylic acids is 1. The lowest BCUT2D eigenvalue weighted by Crippen LogP contribution is -2.24. The molecule has 2 aliphatic rings. The third-order valence-electron chi connectivity index (χ3n) is 4.52. The molecule has 1 aromatic carbocycles. The van der Waals surface area contributed by atoms with Crippen LogP contribution in [0.5, 0.6) is 0 Å². The predicted octanol–water partition coefficient (Wildman–Crippen LogP) is 2.75. The number of nitrogens with zero attached hydrogens (tertiary/aromatic N) is 1. The molecule has 1 heterocycles. The van der Waals surface area contributed by atoms with E-state index in [-0.39, 0.29) is 11.9 Å². The molecule has 0 amide bonds. The molecule has 0 bridgehead atoms. The summed E-state index contributed by atoms with van der Waals surface area (Å²) in [6, 6.07) is 5.62. The van der Waals surface area contributed by atoms with E-state index in [9.17, 15) is 9.90 Å². The first-order chi connectivity index (χ1) is 9.06. The maximum absolute atomic E-state index is 11.4. The minimum absolute atomic E-state index is 0.00902. The number of rotatable bonds is 2. The van der Waals surface area contributed by atoms with Crippen LogP contribution in [0.2, 0.25) is 5.02 Å². The fraction of sp³-hybridized carbons (Fsp3) is 0.533. The van der Waals surface area contributed by atoms with Crippen molar-refractivity contribution in [2.75, 3.05) is 18.0 Å². The molecule has 0 aromatic heterocycles. The first kappa shape index (κ1) is 12.9. The number of hydrogen-bond acceptors (Lipinski definition) is 3. The van der Waals surface area contributed by atoms with Crippen molar-refractivity contribution in [3.63, 3.8) is 0 Å². The Kier molecular flexibility index (Phi) is 3.27. The molecule has 0 radical (unpaired) electrons. The van der Waals surface area contributed by atoms with Gasteiger partial charge in [-0.2, -0.15) is 0 Å². The second-order valence-corrected chi connectivity index (χ2v) is 6.10. The molecule has 2 fully saturated rings. The Morgan fingerprint density at radius 2 is 2.16 bits per heavy atom. The van der Waals surface area contributed by atoms with E-state index < -0.39 is 0 Å². The van der Waals surface area contributed by atoms with Crippen LogP contribution < -0.4 is 4.90 Å². The van der Waals surface area contributed by atoms with E-state index in [0.29, 0.717) is 22.4 Å². The summed E-state index contributed by atoms with van der Waals surface area (Å²) in [5.41, 5.74) is 1.63. The molecule has 0 spiro atoms. The Morgan fingerprint density at radius 3 is 2.79 bits per heavy atom. The molecule has 1 aliphatic carbocycles. The SMILES string of the molecule is CC(=O)c1ccc(N2CC3CCC(O)C3C2)cc1Cl. The number of fused-ring (bicyclic) bond motifs is 1. The molecule has 1 aromatic rings. The van der Waals surface area contributed by atoms with Gasteiger partial charge in [-0.15, -0.1) is 0 Å². The second-order valence-electron chi connectivity index (χ2n) is 5.69. The van der Waals surface area contributed by atoms with Gasteiger partial charge in [0.25, 0.3) is 0 Å². The fourth-order valence-electron chi connectivity index (χ4n) is 3.43. The lowest BCUT2D eigenvalue weighted by Gasteiger charge is -2.21. The van der Waals surface area contributed by atoms with Crippen molar-refractivity contribution in [2.24, 2.45) is 11.8 Å². The number of benzene rings is 1. The smallest absolute Gasteiger partial charge is 0.161 e. The summed E-state index contributed by atoms with van der Waals surface area (Å²) in [5, 5.41) is 10.5. The van der Waals surface area contributed by atoms with Crippen LogP contribution in [0.3, 0.4) is 0 Å². The van der Waals surface area contributed by atoms with E-state index in [1.54, 1.807) is 6.07 Å². The monoisotopic (exact) mass is 279 g/mol. The number of hydrogen-bond donors (Lipinski definition) is 1. The zero-order chi connectivity index (χ0) is 13.6. The number of carbonyl (C=O) groups is 1. The Morgan fingerprint density at radius 1 is 1.37 bits per heavy atom. The minimum atomic E-state index is -0.151. The van der Waals surface area contributed by atoms with Crippen LogP contribution in [0.25, 0.3) is 0 Å². The van der Waals surface area contributed by atoms with Gasteiger partial charge in [0.2, 0.25) is 0 Å². The van der Waals surface area contributed by atoms with Gasteiger partial charge >= 0.3 is 0 Å². The zero-order valence-corrected chi connectivity index (χ0v) is 11.7. The van der Waals surface area contributed by atoms with E-state index in [4.69, 9.17) is 11.6 Å². The Hall–Kier alpha value is -1.06. The van der Waals surface area contributed by atoms with Crippen molar-refractivity contribution < 1.29 is 9.90 Å². The van der Waals surface area contributed by atoms with E-state index in [2.05, 4.69) is 4.90 Å². The topological polar surface area (TPSA) is 40.5 Å². The molecule has 1 aliphatic heterocycles. The fourth-order valence-corrected chi connectivity index (χ4v) is 3.74. The Bertz CT molecular complexity index is 517. The van der Waals surface area contributed by atoms with Crippen molar-refractivity contribution in [1.82, 2.24) is 0 Å². The maximum Gasteiger partial charge on any atom is 0.161 e. The van der Waals surface area contributed by atoms with E-state index in [1.165, 1.54) is 6.92 Å². The van der Waals surface area contributed by atoms with Crippen LogP contribution in [0.4, 0.5) is 5.69 Å². The third-order valence-corrected chi connectivity index (χ3v) is 4.83. The maximum atomic E-state index is 11.4. The summed E-state index contributed by atoms with van der Waals surface area (Å²) < 4.78 is 0. The van der Waals surface area contributed by atoms with Crippen LogP contribution in [0.1, 0.15) is 30.1 Å². The molecule has 1 N–H and O–H groups in total. The van der Waals surface area contributed by atoms with Crippen molar-refractivity contribution in [3.8, 4) is 0 Å². The third kappa shape index (κ3) is 2.26. The van der Waals surface area contributed by atoms with Gasteiger partial charge in [-0.05, 0) is 43.9 Å². The second kappa shape index (κ2) is 4.80. The molecule has 19 heavy (non-hydrogen) atoms. The van der Waals surface area contributed by atoms with Gasteiger partial charge in [-0.1, -0.05) is 11.6 Å². The average Bonchev–Trinajstić information content (AvgIpc) is 2.91. The van der Waals surface area contributed by atoms with Crippen molar-refractivity contribution in [2.45, 2.75) is 25.9 Å². The minimum Gasteiger partial charge on any atom is -0.393 e. The van der Waals surface area contributed by atoms with Gasteiger partial charge in [0.15, 0.2) is 5.78 Å². The van der Waals surface area contributed by atoms with Crippen molar-refractivity contribution >= 4 is 23.1 Å². The van der Waals surface area contributed by atoms with Crippen molar-refractivity contribution in [1.29, 1.82) is 0 Å². The molecule has 3 unspecified atom stereocenters. The standard InChI is InChI=1S/C15H18ClNO2/c1-9(18)12-4-3-11(6-14(12)16)17-7-10-2-5-15(19)13(10)8-17/h3-4,6,10,13,15,19H,2,5,7-8H2,1H3. The molecule has 3 atom stereocenters. The lowest BCUT2D eigenvalue weighted by atomic mass is 10.00. The van der Waals surface area contributed by atoms with Crippen LogP contribution in [0.15, 0.2) is 18.2 Å². The highest BCUT2D eigenvalue weighted by Gasteiger charge is 2.41. The van der Waals surface area contributed by atoms with E-state index in [1.807, 2.05) is 12.1 Å². The zero-order valence-electron chi connectivity index (χ0n) is 11.0. The molecular formula is C15H18ClNO2. The molecule has 4 heteroatoms. The highest BCUT2D eigenvalue weighted by Crippen LogP contribution is 2.40. The summed E-state index contributed by atoms with van der Waals surface area (Å²) in [6.07, 6.45) is 1.90. The van der Waals surface area contributed by atoms with Crippen LogP contribution in [0, 0.1) is 11.8 Å². The van der Waals surface area contributed by atoms with Gasteiger partial charge in [-0.25, -0.2) is 0 Å². The lowest BCUT2D eigenvalue weighted by molar-refractivity contribution is 0.101. The number of aliphatic hydroxyl groups is 1. The first-order valence-corrected chi connectivity index (χ1v) is 7.17. The van der Waals surface area contributed by atoms with E-state index >= 15 is 0 Å². The summed E-state index contributed by atoms with van der Waals surface area (Å²) in [6.45, 7) is 3.40. The molecule has 3 nitrogen and oxygen atoms in total. The molecule has 3 rings (SSSR count). The van der Waals surface area contributed by atoms with Crippen LogP contribution in [-0.4, -0.2) is 30.1 Å². The van der Waals surface area contributed by atoms with Gasteiger partial charge in [0.05, 0.1) is 11.1 Å². The highest BCUT2D eigenvalue weighted by molar-refractivity contribution is 6.34. The summed E-state index contributed by atoms with van der Waals surface area (Å²) in [4.78, 5) is 13.6. The average molecular weight is 280 g/mol. The number of Topliss-reactive ketones (excluding diaryl/α,β-unsaturated/α-hetero) is 1. The predicted molar refractivity (Wildman–Crippen MR) is 75.9 cm³/mol. The Labute approximate surface area is 118 Å². The Balaban J connectivity index is 1.81. The number of aliphatic hydroxyl groups excluding tert-OH is 1. The van der Waals surface area contributed by atoms with Crippen LogP contribution in [-0.2, 0) is 0 Å². The largest absolute Gasteiger partial charge is 0.393 e. The molecule has 102 valence electrons. The molecule has 1 saturated heterocycles. The summed E-state index contributed by atoms with van der Waals surface area (Å²) in [5.74, 6) is 0.984. The van der Waals surface area contributed by atoms with Crippen molar-refractivity contribution in [3.05, 3.63) is 28.8 Å². The van der Waals surface area contributed by atoms with Crippen LogP contribution >= 0.6 is 11.6 Å². The van der Waals surface area contributed by atoms with Gasteiger partial charge in [-0.3, -0.25) is 4.79 Å².